The Labute approximate surface area is 167 Å². The molecule has 3 rings (SSSR count). The number of benzene rings is 2. The quantitative estimate of drug-likeness (QED) is 0.640. The summed E-state index contributed by atoms with van der Waals surface area (Å²) in [5.41, 5.74) is 3.20. The van der Waals surface area contributed by atoms with E-state index in [2.05, 4.69) is 15.6 Å². The summed E-state index contributed by atoms with van der Waals surface area (Å²) in [5, 5.41) is 6.48. The number of amides is 2. The van der Waals surface area contributed by atoms with Gasteiger partial charge in [-0.05, 0) is 36.8 Å². The first-order chi connectivity index (χ1) is 13.0. The molecule has 2 aromatic carbocycles. The van der Waals surface area contributed by atoms with Crippen LogP contribution in [0.5, 0.6) is 5.75 Å². The Morgan fingerprint density at radius 3 is 2.67 bits per heavy atom. The number of ether oxygens (including phenoxy) is 1. The van der Waals surface area contributed by atoms with E-state index in [1.165, 1.54) is 0 Å². The molecule has 0 aliphatic carbocycles. The summed E-state index contributed by atoms with van der Waals surface area (Å²) in [4.78, 5) is 16.4. The lowest BCUT2D eigenvalue weighted by molar-refractivity contribution is 0.251. The molecular formula is C19H18Cl2N4O2. The van der Waals surface area contributed by atoms with Crippen LogP contribution in [0.3, 0.4) is 0 Å². The minimum absolute atomic E-state index is 0.326. The normalized spacial score (nSPS) is 10.5. The maximum absolute atomic E-state index is 12.2. The highest BCUT2D eigenvalue weighted by Crippen LogP contribution is 2.27. The molecule has 27 heavy (non-hydrogen) atoms. The largest absolute Gasteiger partial charge is 0.494 e. The number of aryl methyl sites for hydroxylation is 1. The van der Waals surface area contributed by atoms with Crippen molar-refractivity contribution >= 4 is 34.9 Å². The van der Waals surface area contributed by atoms with Crippen LogP contribution >= 0.6 is 23.2 Å². The van der Waals surface area contributed by atoms with E-state index >= 15 is 0 Å². The molecule has 1 heterocycles. The molecule has 0 saturated carbocycles. The van der Waals surface area contributed by atoms with Gasteiger partial charge >= 0.3 is 6.03 Å². The third-order valence-corrected chi connectivity index (χ3v) is 4.60. The average molecular weight is 405 g/mol. The van der Waals surface area contributed by atoms with Crippen LogP contribution in [0.15, 0.2) is 48.9 Å². The second-order valence-corrected chi connectivity index (χ2v) is 6.68. The van der Waals surface area contributed by atoms with Gasteiger partial charge in [-0.25, -0.2) is 9.78 Å². The van der Waals surface area contributed by atoms with E-state index in [0.717, 1.165) is 16.9 Å². The van der Waals surface area contributed by atoms with Crippen molar-refractivity contribution in [3.8, 4) is 11.4 Å². The number of carbonyl (C=O) groups excluding carboxylic acids is 1. The Balaban J connectivity index is 1.66. The molecule has 1 aromatic heterocycles. The van der Waals surface area contributed by atoms with Crippen molar-refractivity contribution in [1.29, 1.82) is 0 Å². The van der Waals surface area contributed by atoms with Gasteiger partial charge in [-0.2, -0.15) is 0 Å². The number of hydrogen-bond donors (Lipinski definition) is 2. The number of hydrogen-bond acceptors (Lipinski definition) is 3. The van der Waals surface area contributed by atoms with Gasteiger partial charge in [0.05, 0.1) is 34.9 Å². The van der Waals surface area contributed by atoms with Crippen molar-refractivity contribution in [3.05, 3.63) is 70.2 Å². The average Bonchev–Trinajstić information content (AvgIpc) is 3.08. The summed E-state index contributed by atoms with van der Waals surface area (Å²) >= 11 is 11.9. The molecule has 0 radical (unpaired) electrons. The van der Waals surface area contributed by atoms with E-state index in [9.17, 15) is 4.79 Å². The number of rotatable bonds is 5. The fourth-order valence-corrected chi connectivity index (χ4v) is 2.85. The van der Waals surface area contributed by atoms with Gasteiger partial charge in [-0.1, -0.05) is 29.3 Å². The molecule has 3 aromatic rings. The van der Waals surface area contributed by atoms with Gasteiger partial charge < -0.3 is 19.9 Å². The van der Waals surface area contributed by atoms with Crippen molar-refractivity contribution in [2.24, 2.45) is 0 Å². The molecule has 0 unspecified atom stereocenters. The maximum Gasteiger partial charge on any atom is 0.319 e. The maximum atomic E-state index is 12.2. The number of nitrogens with one attached hydrogen (secondary N) is 2. The molecule has 2 amide bonds. The van der Waals surface area contributed by atoms with Crippen molar-refractivity contribution in [1.82, 2.24) is 14.9 Å². The van der Waals surface area contributed by atoms with Gasteiger partial charge in [-0.3, -0.25) is 0 Å². The topological polar surface area (TPSA) is 68.2 Å². The first-order valence-corrected chi connectivity index (χ1v) is 8.89. The lowest BCUT2D eigenvalue weighted by atomic mass is 10.2. The molecule has 0 aliphatic rings. The van der Waals surface area contributed by atoms with E-state index in [-0.39, 0.29) is 6.03 Å². The van der Waals surface area contributed by atoms with E-state index in [4.69, 9.17) is 27.9 Å². The third kappa shape index (κ3) is 4.72. The van der Waals surface area contributed by atoms with Crippen molar-refractivity contribution < 1.29 is 9.53 Å². The molecule has 0 spiro atoms. The number of methoxy groups -OCH3 is 1. The van der Waals surface area contributed by atoms with E-state index in [1.54, 1.807) is 43.8 Å². The first-order valence-electron chi connectivity index (χ1n) is 8.14. The number of nitrogens with zero attached hydrogens (tertiary/aromatic N) is 2. The van der Waals surface area contributed by atoms with Crippen molar-refractivity contribution in [2.75, 3.05) is 12.4 Å². The monoisotopic (exact) mass is 404 g/mol. The fourth-order valence-electron chi connectivity index (χ4n) is 2.53. The molecule has 0 saturated heterocycles. The van der Waals surface area contributed by atoms with Crippen LogP contribution in [-0.4, -0.2) is 22.7 Å². The predicted octanol–water partition coefficient (Wildman–Crippen LogP) is 4.82. The SMILES string of the molecule is COc1cc(NC(=O)NCc2ccc(Cl)c(Cl)c2)ccc1-n1cnc(C)c1. The standard InChI is InChI=1S/C19H18Cl2N4O2/c1-12-10-25(11-23-12)17-6-4-14(8-18(17)27-2)24-19(26)22-9-13-3-5-15(20)16(21)7-13/h3-8,10-11H,9H2,1-2H3,(H2,22,24,26). The molecule has 0 fully saturated rings. The van der Waals surface area contributed by atoms with Crippen LogP contribution in [0.4, 0.5) is 10.5 Å². The summed E-state index contributed by atoms with van der Waals surface area (Å²) in [6.07, 6.45) is 3.61. The first kappa shape index (κ1) is 19.1. The highest BCUT2D eigenvalue weighted by Gasteiger charge is 2.09. The van der Waals surface area contributed by atoms with Crippen molar-refractivity contribution in [3.63, 3.8) is 0 Å². The zero-order valence-electron chi connectivity index (χ0n) is 14.8. The Hall–Kier alpha value is -2.70. The van der Waals surface area contributed by atoms with Crippen LogP contribution in [0.25, 0.3) is 5.69 Å². The summed E-state index contributed by atoms with van der Waals surface area (Å²) in [6, 6.07) is 10.3. The Kier molecular flexibility index (Phi) is 5.88. The van der Waals surface area contributed by atoms with Crippen molar-refractivity contribution in [2.45, 2.75) is 13.5 Å². The Bertz CT molecular complexity index is 972. The van der Waals surface area contributed by atoms with Crippen LogP contribution in [0.1, 0.15) is 11.3 Å². The molecule has 0 atom stereocenters. The summed E-state index contributed by atoms with van der Waals surface area (Å²) in [6.45, 7) is 2.24. The van der Waals surface area contributed by atoms with E-state index in [0.29, 0.717) is 28.0 Å². The molecular weight excluding hydrogens is 387 g/mol. The van der Waals surface area contributed by atoms with Gasteiger partial charge in [0.25, 0.3) is 0 Å². The molecule has 8 heteroatoms. The highest BCUT2D eigenvalue weighted by atomic mass is 35.5. The zero-order chi connectivity index (χ0) is 19.4. The lowest BCUT2D eigenvalue weighted by Crippen LogP contribution is -2.28. The Morgan fingerprint density at radius 2 is 2.00 bits per heavy atom. The number of urea groups is 1. The molecule has 0 bridgehead atoms. The smallest absolute Gasteiger partial charge is 0.319 e. The molecule has 0 aliphatic heterocycles. The number of imidazole rings is 1. The van der Waals surface area contributed by atoms with Crippen LogP contribution in [-0.2, 0) is 6.54 Å². The van der Waals surface area contributed by atoms with Crippen LogP contribution in [0, 0.1) is 6.92 Å². The second kappa shape index (κ2) is 8.33. The molecule has 6 nitrogen and oxygen atoms in total. The summed E-state index contributed by atoms with van der Waals surface area (Å²) in [7, 11) is 1.58. The van der Waals surface area contributed by atoms with Crippen LogP contribution in [0.2, 0.25) is 10.0 Å². The molecule has 2 N–H and O–H groups in total. The third-order valence-electron chi connectivity index (χ3n) is 3.86. The van der Waals surface area contributed by atoms with Gasteiger partial charge in [0.1, 0.15) is 5.75 Å². The number of carbonyl (C=O) groups is 1. The number of aromatic nitrogens is 2. The number of anilines is 1. The fraction of sp³-hybridized carbons (Fsp3) is 0.158. The minimum Gasteiger partial charge on any atom is -0.494 e. The van der Waals surface area contributed by atoms with E-state index < -0.39 is 0 Å². The van der Waals surface area contributed by atoms with Gasteiger partial charge in [-0.15, -0.1) is 0 Å². The Morgan fingerprint density at radius 1 is 1.19 bits per heavy atom. The predicted molar refractivity (Wildman–Crippen MR) is 107 cm³/mol. The minimum atomic E-state index is -0.339. The summed E-state index contributed by atoms with van der Waals surface area (Å²) in [5.74, 6) is 0.620. The van der Waals surface area contributed by atoms with Gasteiger partial charge in [0, 0.05) is 24.5 Å². The zero-order valence-corrected chi connectivity index (χ0v) is 16.3. The highest BCUT2D eigenvalue weighted by molar-refractivity contribution is 6.42. The van der Waals surface area contributed by atoms with Crippen LogP contribution < -0.4 is 15.4 Å². The van der Waals surface area contributed by atoms with Gasteiger partial charge in [0.15, 0.2) is 0 Å². The lowest BCUT2D eigenvalue weighted by Gasteiger charge is -2.13. The number of halogens is 2. The summed E-state index contributed by atoms with van der Waals surface area (Å²) < 4.78 is 7.30. The second-order valence-electron chi connectivity index (χ2n) is 5.87. The van der Waals surface area contributed by atoms with E-state index in [1.807, 2.05) is 23.8 Å². The molecule has 140 valence electrons. The van der Waals surface area contributed by atoms with Gasteiger partial charge in [0.2, 0.25) is 0 Å².